The molecule has 0 fully saturated rings. The molecule has 2 aromatic heterocycles. The maximum absolute atomic E-state index is 6.83. The predicted octanol–water partition coefficient (Wildman–Crippen LogP) is 13.3. The molecule has 53 heavy (non-hydrogen) atoms. The monoisotopic (exact) mass is 679 g/mol. The molecule has 0 amide bonds. The molecular formula is C49H33N3O. The number of anilines is 3. The quantitative estimate of drug-likeness (QED) is 0.197. The summed E-state index contributed by atoms with van der Waals surface area (Å²) in [5.74, 6) is 0. The van der Waals surface area contributed by atoms with Crippen molar-refractivity contribution in [2.75, 3.05) is 10.2 Å². The molecule has 10 aromatic rings. The molecule has 1 N–H and O–H groups in total. The average Bonchev–Trinajstić information content (AvgIpc) is 3.91. The molecule has 0 radical (unpaired) electrons. The number of para-hydroxylation sites is 5. The Balaban J connectivity index is 0.984. The van der Waals surface area contributed by atoms with Gasteiger partial charge in [0.2, 0.25) is 0 Å². The zero-order chi connectivity index (χ0) is 34.9. The van der Waals surface area contributed by atoms with Crippen molar-refractivity contribution in [2.45, 2.75) is 6.17 Å². The van der Waals surface area contributed by atoms with Gasteiger partial charge in [0.15, 0.2) is 5.58 Å². The molecule has 1 unspecified atom stereocenters. The summed E-state index contributed by atoms with van der Waals surface area (Å²) < 4.78 is 9.19. The van der Waals surface area contributed by atoms with E-state index < -0.39 is 0 Å². The van der Waals surface area contributed by atoms with Gasteiger partial charge in [-0.25, -0.2) is 0 Å². The number of rotatable bonds is 5. The maximum atomic E-state index is 6.83. The summed E-state index contributed by atoms with van der Waals surface area (Å²) in [6.45, 7) is 0. The highest BCUT2D eigenvalue weighted by molar-refractivity contribution is 6.13. The van der Waals surface area contributed by atoms with Crippen LogP contribution in [0.4, 0.5) is 17.1 Å². The van der Waals surface area contributed by atoms with Gasteiger partial charge in [-0.3, -0.25) is 0 Å². The van der Waals surface area contributed by atoms with Gasteiger partial charge in [0, 0.05) is 27.2 Å². The van der Waals surface area contributed by atoms with E-state index in [1.165, 1.54) is 33.2 Å². The van der Waals surface area contributed by atoms with Crippen LogP contribution < -0.4 is 10.2 Å². The van der Waals surface area contributed by atoms with Crippen LogP contribution in [0.5, 0.6) is 0 Å². The smallest absolute Gasteiger partial charge is 0.159 e. The number of fused-ring (bicyclic) bond motifs is 7. The van der Waals surface area contributed by atoms with Crippen molar-refractivity contribution in [1.82, 2.24) is 4.57 Å². The molecule has 1 aliphatic heterocycles. The zero-order valence-electron chi connectivity index (χ0n) is 28.8. The van der Waals surface area contributed by atoms with E-state index in [0.717, 1.165) is 61.2 Å². The number of furan rings is 1. The van der Waals surface area contributed by atoms with E-state index in [1.807, 2.05) is 0 Å². The minimum Gasteiger partial charge on any atom is -0.454 e. The first-order chi connectivity index (χ1) is 26.3. The molecule has 1 aliphatic rings. The third kappa shape index (κ3) is 4.69. The molecule has 250 valence electrons. The number of hydrogen-bond acceptors (Lipinski definition) is 3. The number of nitrogens with zero attached hydrogens (tertiary/aromatic N) is 2. The van der Waals surface area contributed by atoms with Crippen molar-refractivity contribution < 1.29 is 4.42 Å². The van der Waals surface area contributed by atoms with E-state index in [0.29, 0.717) is 0 Å². The average molecular weight is 680 g/mol. The summed E-state index contributed by atoms with van der Waals surface area (Å²) in [5.41, 5.74) is 14.5. The number of benzene rings is 8. The van der Waals surface area contributed by atoms with Crippen molar-refractivity contribution >= 4 is 60.8 Å². The van der Waals surface area contributed by atoms with Crippen LogP contribution in [0.15, 0.2) is 192 Å². The second-order valence-electron chi connectivity index (χ2n) is 13.8. The SMILES string of the molecule is c1ccc(-c2ccc3c(c2)c2ccccc2n3-c2cccc3c2oc2cc(-c4ccc(C5Nc6ccccc6N5c5ccccc5)cc4)ccc23)cc1. The standard InChI is InChI=1S/C49H33N3O/c1-3-12-32(13-4-1)35-27-29-44-41(30-35)38-16-7-9-19-43(38)52(44)46-21-11-17-40-39-28-26-36(31-47(39)53-48(40)46)33-22-24-34(25-23-33)49-50-42-18-8-10-20-45(42)51(49)37-14-5-2-6-15-37/h1-31,49-50H. The summed E-state index contributed by atoms with van der Waals surface area (Å²) in [7, 11) is 0. The number of hydrogen-bond donors (Lipinski definition) is 1. The summed E-state index contributed by atoms with van der Waals surface area (Å²) in [6, 6.07) is 67.2. The van der Waals surface area contributed by atoms with Crippen molar-refractivity contribution in [3.63, 3.8) is 0 Å². The molecule has 0 saturated heterocycles. The predicted molar refractivity (Wildman–Crippen MR) is 220 cm³/mol. The molecule has 1 atom stereocenters. The fourth-order valence-corrected chi connectivity index (χ4v) is 8.31. The molecule has 0 spiro atoms. The van der Waals surface area contributed by atoms with Crippen LogP contribution in [0.25, 0.3) is 71.7 Å². The van der Waals surface area contributed by atoms with Crippen LogP contribution >= 0.6 is 0 Å². The molecule has 3 heterocycles. The Labute approximate surface area is 306 Å². The normalized spacial score (nSPS) is 14.0. The van der Waals surface area contributed by atoms with Gasteiger partial charge < -0.3 is 19.2 Å². The van der Waals surface area contributed by atoms with E-state index in [-0.39, 0.29) is 6.17 Å². The Kier molecular flexibility index (Phi) is 6.58. The van der Waals surface area contributed by atoms with Gasteiger partial charge in [0.05, 0.1) is 28.1 Å². The van der Waals surface area contributed by atoms with Crippen molar-refractivity contribution in [1.29, 1.82) is 0 Å². The van der Waals surface area contributed by atoms with E-state index in [4.69, 9.17) is 4.42 Å². The number of nitrogens with one attached hydrogen (secondary N) is 1. The third-order valence-electron chi connectivity index (χ3n) is 10.8. The summed E-state index contributed by atoms with van der Waals surface area (Å²) >= 11 is 0. The lowest BCUT2D eigenvalue weighted by molar-refractivity contribution is 0.666. The first-order valence-electron chi connectivity index (χ1n) is 18.1. The Hall–Kier alpha value is -7.04. The second-order valence-corrected chi connectivity index (χ2v) is 13.8. The molecule has 0 aliphatic carbocycles. The minimum absolute atomic E-state index is 0.00843. The van der Waals surface area contributed by atoms with Crippen LogP contribution in [0.3, 0.4) is 0 Å². The Morgan fingerprint density at radius 3 is 1.94 bits per heavy atom. The van der Waals surface area contributed by atoms with Crippen LogP contribution in [0, 0.1) is 0 Å². The summed E-state index contributed by atoms with van der Waals surface area (Å²) in [5, 5.41) is 8.43. The van der Waals surface area contributed by atoms with Crippen molar-refractivity contribution in [3.05, 3.63) is 194 Å². The van der Waals surface area contributed by atoms with Gasteiger partial charge in [-0.2, -0.15) is 0 Å². The third-order valence-corrected chi connectivity index (χ3v) is 10.8. The maximum Gasteiger partial charge on any atom is 0.159 e. The van der Waals surface area contributed by atoms with Crippen molar-refractivity contribution in [2.24, 2.45) is 0 Å². The van der Waals surface area contributed by atoms with Crippen LogP contribution in [0.2, 0.25) is 0 Å². The van der Waals surface area contributed by atoms with Gasteiger partial charge in [-0.05, 0) is 88.5 Å². The zero-order valence-corrected chi connectivity index (χ0v) is 28.8. The van der Waals surface area contributed by atoms with Gasteiger partial charge in [0.1, 0.15) is 11.7 Å². The van der Waals surface area contributed by atoms with Crippen LogP contribution in [0.1, 0.15) is 11.7 Å². The van der Waals surface area contributed by atoms with E-state index in [2.05, 4.69) is 203 Å². The van der Waals surface area contributed by atoms with Crippen LogP contribution in [-0.2, 0) is 0 Å². The lowest BCUT2D eigenvalue weighted by Crippen LogP contribution is -2.23. The fraction of sp³-hybridized carbons (Fsp3) is 0.0204. The number of aromatic nitrogens is 1. The molecule has 0 bridgehead atoms. The summed E-state index contributed by atoms with van der Waals surface area (Å²) in [6.07, 6.45) is -0.00843. The minimum atomic E-state index is -0.00843. The Morgan fingerprint density at radius 2 is 1.08 bits per heavy atom. The van der Waals surface area contributed by atoms with E-state index in [9.17, 15) is 0 Å². The second kappa shape index (κ2) is 11.8. The van der Waals surface area contributed by atoms with Gasteiger partial charge in [-0.1, -0.05) is 127 Å². The molecule has 4 heteroatoms. The lowest BCUT2D eigenvalue weighted by atomic mass is 10.0. The summed E-state index contributed by atoms with van der Waals surface area (Å²) in [4.78, 5) is 2.38. The van der Waals surface area contributed by atoms with E-state index >= 15 is 0 Å². The van der Waals surface area contributed by atoms with Gasteiger partial charge in [0.25, 0.3) is 0 Å². The molecule has 8 aromatic carbocycles. The largest absolute Gasteiger partial charge is 0.454 e. The van der Waals surface area contributed by atoms with Gasteiger partial charge in [-0.15, -0.1) is 0 Å². The van der Waals surface area contributed by atoms with Crippen LogP contribution in [-0.4, -0.2) is 4.57 Å². The highest BCUT2D eigenvalue weighted by atomic mass is 16.3. The Bertz CT molecular complexity index is 2980. The topological polar surface area (TPSA) is 33.3 Å². The molecule has 0 saturated carbocycles. The molecule has 4 nitrogen and oxygen atoms in total. The first-order valence-corrected chi connectivity index (χ1v) is 18.1. The highest BCUT2D eigenvalue weighted by Crippen LogP contribution is 2.46. The van der Waals surface area contributed by atoms with E-state index in [1.54, 1.807) is 0 Å². The first kappa shape index (κ1) is 29.7. The van der Waals surface area contributed by atoms with Crippen molar-refractivity contribution in [3.8, 4) is 27.9 Å². The molecular weight excluding hydrogens is 647 g/mol. The highest BCUT2D eigenvalue weighted by Gasteiger charge is 2.31. The Morgan fingerprint density at radius 1 is 0.434 bits per heavy atom. The lowest BCUT2D eigenvalue weighted by Gasteiger charge is -2.27. The fourth-order valence-electron chi connectivity index (χ4n) is 8.31. The molecule has 11 rings (SSSR count). The van der Waals surface area contributed by atoms with Gasteiger partial charge >= 0.3 is 0 Å².